The zero-order valence-corrected chi connectivity index (χ0v) is 19.3. The molecule has 0 spiro atoms. The van der Waals surface area contributed by atoms with Crippen molar-refractivity contribution in [1.29, 1.82) is 0 Å². The number of benzene rings is 2. The van der Waals surface area contributed by atoms with Crippen molar-refractivity contribution in [2.45, 2.75) is 45.1 Å². The maximum absolute atomic E-state index is 14.1. The average Bonchev–Trinajstić information content (AvgIpc) is 3.68. The Bertz CT molecular complexity index is 1420. The molecule has 2 heterocycles. The van der Waals surface area contributed by atoms with Crippen LogP contribution in [0.5, 0.6) is 0 Å². The number of hydrogen-bond acceptors (Lipinski definition) is 5. The molecule has 2 aromatic heterocycles. The number of pyridine rings is 1. The van der Waals surface area contributed by atoms with E-state index in [1.165, 1.54) is 6.07 Å². The normalized spacial score (nSPS) is 14.3. The molecule has 0 aliphatic heterocycles. The topological polar surface area (TPSA) is 88.0 Å². The molecule has 1 aliphatic carbocycles. The van der Waals surface area contributed by atoms with Crippen LogP contribution in [0.4, 0.5) is 14.5 Å². The van der Waals surface area contributed by atoms with Crippen molar-refractivity contribution >= 4 is 22.6 Å². The lowest BCUT2D eigenvalue weighted by atomic mass is 9.95. The number of alkyl halides is 2. The Hall–Kier alpha value is -3.94. The summed E-state index contributed by atoms with van der Waals surface area (Å²) in [5, 5.41) is 13.5. The first-order valence-electron chi connectivity index (χ1n) is 11.5. The van der Waals surface area contributed by atoms with Gasteiger partial charge in [0.1, 0.15) is 11.5 Å². The third-order valence-electron chi connectivity index (χ3n) is 6.27. The van der Waals surface area contributed by atoms with Crippen molar-refractivity contribution in [3.05, 3.63) is 83.1 Å². The second kappa shape index (κ2) is 9.02. The van der Waals surface area contributed by atoms with E-state index in [-0.39, 0.29) is 22.9 Å². The van der Waals surface area contributed by atoms with Crippen LogP contribution >= 0.6 is 0 Å². The summed E-state index contributed by atoms with van der Waals surface area (Å²) < 4.78 is 28.1. The monoisotopic (exact) mass is 474 g/mol. The van der Waals surface area contributed by atoms with Gasteiger partial charge in [0, 0.05) is 46.6 Å². The zero-order valence-electron chi connectivity index (χ0n) is 19.3. The van der Waals surface area contributed by atoms with Crippen LogP contribution in [-0.4, -0.2) is 26.0 Å². The first-order chi connectivity index (χ1) is 16.8. The fourth-order valence-electron chi connectivity index (χ4n) is 4.36. The number of fused-ring (bicyclic) bond motifs is 1. The number of aryl methyl sites for hydroxylation is 1. The molecule has 5 rings (SSSR count). The Kier molecular flexibility index (Phi) is 5.88. The Morgan fingerprint density at radius 1 is 1.11 bits per heavy atom. The summed E-state index contributed by atoms with van der Waals surface area (Å²) in [5.41, 5.74) is 3.24. The van der Waals surface area contributed by atoms with E-state index >= 15 is 0 Å². The highest BCUT2D eigenvalue weighted by atomic mass is 19.3. The second-order valence-electron chi connectivity index (χ2n) is 8.96. The third kappa shape index (κ3) is 4.56. The van der Waals surface area contributed by atoms with Crippen molar-refractivity contribution in [2.75, 3.05) is 5.32 Å². The molecule has 1 fully saturated rings. The predicted molar refractivity (Wildman–Crippen MR) is 130 cm³/mol. The van der Waals surface area contributed by atoms with E-state index in [4.69, 9.17) is 0 Å². The van der Waals surface area contributed by atoms with Gasteiger partial charge in [-0.1, -0.05) is 18.2 Å². The summed E-state index contributed by atoms with van der Waals surface area (Å²) in [5.74, 6) is 0.0745. The van der Waals surface area contributed by atoms with Gasteiger partial charge in [-0.05, 0) is 62.1 Å². The summed E-state index contributed by atoms with van der Waals surface area (Å²) in [6.45, 7) is 3.78. The first kappa shape index (κ1) is 22.8. The van der Waals surface area contributed by atoms with Gasteiger partial charge in [0.2, 0.25) is 0 Å². The molecule has 0 saturated heterocycles. The summed E-state index contributed by atoms with van der Waals surface area (Å²) in [7, 11) is 0. The molecule has 178 valence electrons. The Morgan fingerprint density at radius 3 is 2.49 bits per heavy atom. The molecule has 0 amide bonds. The highest BCUT2D eigenvalue weighted by molar-refractivity contribution is 5.94. The van der Waals surface area contributed by atoms with Crippen molar-refractivity contribution < 1.29 is 18.7 Å². The molecule has 8 heteroatoms. The van der Waals surface area contributed by atoms with Crippen LogP contribution in [0.1, 0.15) is 71.2 Å². The quantitative estimate of drug-likeness (QED) is 0.310. The van der Waals surface area contributed by atoms with Gasteiger partial charge in [0.05, 0.1) is 11.1 Å². The smallest absolute Gasteiger partial charge is 0.337 e. The number of carboxylic acid groups (broad SMARTS) is 1. The number of nitrogens with zero attached hydrogens (tertiary/aromatic N) is 3. The van der Waals surface area contributed by atoms with Crippen molar-refractivity contribution in [2.24, 2.45) is 0 Å². The number of rotatable bonds is 7. The Labute approximate surface area is 201 Å². The summed E-state index contributed by atoms with van der Waals surface area (Å²) in [6.07, 6.45) is 2.52. The summed E-state index contributed by atoms with van der Waals surface area (Å²) in [6, 6.07) is 11.8. The van der Waals surface area contributed by atoms with Crippen molar-refractivity contribution in [3.8, 4) is 11.1 Å². The van der Waals surface area contributed by atoms with Gasteiger partial charge in [-0.2, -0.15) is 0 Å². The maximum Gasteiger partial charge on any atom is 0.337 e. The Morgan fingerprint density at radius 2 is 1.83 bits per heavy atom. The van der Waals surface area contributed by atoms with E-state index < -0.39 is 12.4 Å². The zero-order chi connectivity index (χ0) is 24.7. The van der Waals surface area contributed by atoms with E-state index in [9.17, 15) is 18.7 Å². The van der Waals surface area contributed by atoms with E-state index in [0.717, 1.165) is 29.8 Å². The maximum atomic E-state index is 14.1. The highest BCUT2D eigenvalue weighted by Gasteiger charge is 2.27. The van der Waals surface area contributed by atoms with Gasteiger partial charge in [0.25, 0.3) is 6.43 Å². The van der Waals surface area contributed by atoms with Gasteiger partial charge < -0.3 is 10.4 Å². The van der Waals surface area contributed by atoms with E-state index in [1.54, 1.807) is 42.7 Å². The molecule has 1 saturated carbocycles. The molecule has 4 aromatic rings. The van der Waals surface area contributed by atoms with Crippen LogP contribution in [0.2, 0.25) is 0 Å². The van der Waals surface area contributed by atoms with Crippen LogP contribution in [0.25, 0.3) is 22.0 Å². The molecule has 6 nitrogen and oxygen atoms in total. The number of anilines is 1. The van der Waals surface area contributed by atoms with Crippen molar-refractivity contribution in [1.82, 2.24) is 15.0 Å². The number of aromatic carboxylic acids is 1. The molecule has 0 unspecified atom stereocenters. The molecule has 0 bridgehead atoms. The molecule has 2 N–H and O–H groups in total. The predicted octanol–water partition coefficient (Wildman–Crippen LogP) is 6.69. The number of carboxylic acids is 1. The van der Waals surface area contributed by atoms with Crippen LogP contribution in [0.3, 0.4) is 0 Å². The Balaban J connectivity index is 1.61. The fraction of sp³-hybridized carbons (Fsp3) is 0.259. The number of nitrogens with one attached hydrogen (secondary N) is 1. The van der Waals surface area contributed by atoms with Crippen LogP contribution < -0.4 is 5.32 Å². The molecule has 0 radical (unpaired) electrons. The number of carbonyl (C=O) groups is 1. The van der Waals surface area contributed by atoms with Gasteiger partial charge >= 0.3 is 5.97 Å². The van der Waals surface area contributed by atoms with Crippen molar-refractivity contribution in [3.63, 3.8) is 0 Å². The lowest BCUT2D eigenvalue weighted by Gasteiger charge is -2.21. The number of hydrogen-bond donors (Lipinski definition) is 2. The largest absolute Gasteiger partial charge is 0.478 e. The van der Waals surface area contributed by atoms with E-state index in [0.29, 0.717) is 28.1 Å². The fourth-order valence-corrected chi connectivity index (χ4v) is 4.36. The van der Waals surface area contributed by atoms with Gasteiger partial charge in [0.15, 0.2) is 0 Å². The lowest BCUT2D eigenvalue weighted by Crippen LogP contribution is -2.11. The lowest BCUT2D eigenvalue weighted by molar-refractivity contribution is 0.0698. The van der Waals surface area contributed by atoms with Crippen LogP contribution in [-0.2, 0) is 0 Å². The van der Waals surface area contributed by atoms with E-state index in [1.807, 2.05) is 19.9 Å². The number of aromatic nitrogens is 3. The van der Waals surface area contributed by atoms with Crippen LogP contribution in [0, 0.1) is 6.92 Å². The van der Waals surface area contributed by atoms with Gasteiger partial charge in [-0.3, -0.25) is 0 Å². The molecule has 1 aliphatic rings. The summed E-state index contributed by atoms with van der Waals surface area (Å²) >= 11 is 0. The molecule has 35 heavy (non-hydrogen) atoms. The minimum Gasteiger partial charge on any atom is -0.478 e. The highest BCUT2D eigenvalue weighted by Crippen LogP contribution is 2.39. The van der Waals surface area contributed by atoms with Gasteiger partial charge in [-0.25, -0.2) is 28.5 Å². The van der Waals surface area contributed by atoms with E-state index in [2.05, 4.69) is 20.3 Å². The first-order valence-corrected chi connectivity index (χ1v) is 11.5. The molecule has 2 aromatic carbocycles. The number of para-hydroxylation sites is 1. The average molecular weight is 475 g/mol. The standard InChI is InChI=1S/C27H24F2N4O2/c1-14-9-19(15(2)32-22-6-4-3-5-18(22)27(34)35)21-11-20(24(25(28)29)33-23(21)10-14)17-12-30-26(31-13-17)16-7-8-16/h3-6,9-13,15-16,25,32H,7-8H2,1-2H3,(H,34,35)/t15-/m1/s1. The summed E-state index contributed by atoms with van der Waals surface area (Å²) in [4.78, 5) is 24.8. The SMILES string of the molecule is Cc1cc([C@@H](C)Nc2ccccc2C(=O)O)c2cc(-c3cnc(C4CC4)nc3)c(C(F)F)nc2c1. The van der Waals surface area contributed by atoms with Crippen LogP contribution in [0.15, 0.2) is 54.9 Å². The second-order valence-corrected chi connectivity index (χ2v) is 8.96. The minimum absolute atomic E-state index is 0.156. The minimum atomic E-state index is -2.76. The number of halogens is 2. The van der Waals surface area contributed by atoms with Gasteiger partial charge in [-0.15, -0.1) is 0 Å². The molecule has 1 atom stereocenters. The molecular formula is C27H24F2N4O2. The third-order valence-corrected chi connectivity index (χ3v) is 6.27. The molecular weight excluding hydrogens is 450 g/mol.